The highest BCUT2D eigenvalue weighted by Crippen LogP contribution is 2.18. The summed E-state index contributed by atoms with van der Waals surface area (Å²) in [5.74, 6) is 0.240. The summed E-state index contributed by atoms with van der Waals surface area (Å²) in [6, 6.07) is -0.310. The molecule has 1 aliphatic heterocycles. The van der Waals surface area contributed by atoms with Crippen LogP contribution in [-0.4, -0.2) is 47.1 Å². The van der Waals surface area contributed by atoms with E-state index in [-0.39, 0.29) is 29.9 Å². The molecule has 1 heterocycles. The highest BCUT2D eigenvalue weighted by molar-refractivity contribution is 5.87. The van der Waals surface area contributed by atoms with Gasteiger partial charge >= 0.3 is 0 Å². The van der Waals surface area contributed by atoms with E-state index in [4.69, 9.17) is 0 Å². The van der Waals surface area contributed by atoms with E-state index >= 15 is 0 Å². The van der Waals surface area contributed by atoms with Gasteiger partial charge < -0.3 is 15.3 Å². The summed E-state index contributed by atoms with van der Waals surface area (Å²) in [4.78, 5) is 25.9. The molecule has 0 saturated carbocycles. The summed E-state index contributed by atoms with van der Waals surface area (Å²) in [5.41, 5.74) is 0. The Balaban J connectivity index is 2.49. The Morgan fingerprint density at radius 1 is 1.35 bits per heavy atom. The van der Waals surface area contributed by atoms with E-state index < -0.39 is 0 Å². The van der Waals surface area contributed by atoms with Crippen molar-refractivity contribution in [1.82, 2.24) is 10.2 Å². The lowest BCUT2D eigenvalue weighted by atomic mass is 10.00. The van der Waals surface area contributed by atoms with E-state index in [0.29, 0.717) is 25.9 Å². The summed E-state index contributed by atoms with van der Waals surface area (Å²) < 4.78 is 0. The lowest BCUT2D eigenvalue weighted by Gasteiger charge is -2.34. The fourth-order valence-corrected chi connectivity index (χ4v) is 2.76. The van der Waals surface area contributed by atoms with Crippen molar-refractivity contribution in [3.8, 4) is 0 Å². The topological polar surface area (TPSA) is 69.6 Å². The minimum Gasteiger partial charge on any atom is -0.393 e. The highest BCUT2D eigenvalue weighted by Gasteiger charge is 2.31. The average Bonchev–Trinajstić information content (AvgIpc) is 2.43. The van der Waals surface area contributed by atoms with Gasteiger partial charge in [0.1, 0.15) is 6.04 Å². The maximum absolute atomic E-state index is 12.3. The van der Waals surface area contributed by atoms with Crippen LogP contribution in [0.1, 0.15) is 52.9 Å². The predicted octanol–water partition coefficient (Wildman–Crippen LogP) is 1.30. The van der Waals surface area contributed by atoms with Crippen molar-refractivity contribution >= 4 is 11.8 Å². The highest BCUT2D eigenvalue weighted by atomic mass is 16.3. The maximum Gasteiger partial charge on any atom is 0.242 e. The molecule has 2 N–H and O–H groups in total. The van der Waals surface area contributed by atoms with Gasteiger partial charge in [0, 0.05) is 19.5 Å². The van der Waals surface area contributed by atoms with E-state index in [1.807, 2.05) is 13.8 Å². The average molecular weight is 284 g/mol. The summed E-state index contributed by atoms with van der Waals surface area (Å²) >= 11 is 0. The van der Waals surface area contributed by atoms with Gasteiger partial charge in [-0.2, -0.15) is 0 Å². The van der Waals surface area contributed by atoms with Gasteiger partial charge in [0.05, 0.1) is 6.10 Å². The second-order valence-corrected chi connectivity index (χ2v) is 5.89. The third kappa shape index (κ3) is 5.12. The van der Waals surface area contributed by atoms with Crippen LogP contribution in [0.2, 0.25) is 0 Å². The smallest absolute Gasteiger partial charge is 0.242 e. The van der Waals surface area contributed by atoms with Crippen LogP contribution in [0.5, 0.6) is 0 Å². The Labute approximate surface area is 121 Å². The Kier molecular flexibility index (Phi) is 6.99. The normalized spacial score (nSPS) is 22.2. The molecule has 0 aromatic heterocycles. The van der Waals surface area contributed by atoms with Crippen molar-refractivity contribution in [2.24, 2.45) is 5.92 Å². The summed E-state index contributed by atoms with van der Waals surface area (Å²) in [7, 11) is 0. The molecule has 5 heteroatoms. The molecule has 0 aromatic carbocycles. The lowest BCUT2D eigenvalue weighted by molar-refractivity contribution is -0.142. The zero-order valence-electron chi connectivity index (χ0n) is 12.9. The third-order valence-electron chi connectivity index (χ3n) is 3.80. The number of nitrogens with one attached hydrogen (secondary N) is 1. The molecular weight excluding hydrogens is 256 g/mol. The number of carbonyl (C=O) groups is 2. The molecule has 116 valence electrons. The van der Waals surface area contributed by atoms with E-state index in [9.17, 15) is 14.7 Å². The SMILES string of the molecule is CCC(=O)N1CCCCC1C(=O)NCC(C)CC(C)O. The van der Waals surface area contributed by atoms with Gasteiger partial charge in [-0.15, -0.1) is 0 Å². The molecule has 0 spiro atoms. The zero-order chi connectivity index (χ0) is 15.1. The number of hydrogen-bond acceptors (Lipinski definition) is 3. The van der Waals surface area contributed by atoms with E-state index in [1.165, 1.54) is 0 Å². The van der Waals surface area contributed by atoms with Gasteiger partial charge in [0.2, 0.25) is 11.8 Å². The lowest BCUT2D eigenvalue weighted by Crippen LogP contribution is -2.52. The van der Waals surface area contributed by atoms with E-state index in [0.717, 1.165) is 19.3 Å². The van der Waals surface area contributed by atoms with Crippen LogP contribution >= 0.6 is 0 Å². The fourth-order valence-electron chi connectivity index (χ4n) is 2.76. The van der Waals surface area contributed by atoms with Crippen molar-refractivity contribution in [3.05, 3.63) is 0 Å². The first kappa shape index (κ1) is 17.0. The summed E-state index contributed by atoms with van der Waals surface area (Å²) in [5, 5.41) is 12.2. The monoisotopic (exact) mass is 284 g/mol. The molecule has 0 bridgehead atoms. The molecule has 2 amide bonds. The van der Waals surface area contributed by atoms with Crippen LogP contribution in [0.4, 0.5) is 0 Å². The number of piperidine rings is 1. The largest absolute Gasteiger partial charge is 0.393 e. The fraction of sp³-hybridized carbons (Fsp3) is 0.867. The predicted molar refractivity (Wildman–Crippen MR) is 78.1 cm³/mol. The van der Waals surface area contributed by atoms with Crippen LogP contribution in [0.25, 0.3) is 0 Å². The van der Waals surface area contributed by atoms with Crippen molar-refractivity contribution in [1.29, 1.82) is 0 Å². The first-order chi connectivity index (χ1) is 9.45. The quantitative estimate of drug-likeness (QED) is 0.772. The molecule has 1 saturated heterocycles. The second kappa shape index (κ2) is 8.25. The van der Waals surface area contributed by atoms with Gasteiger partial charge in [-0.05, 0) is 38.5 Å². The molecule has 0 radical (unpaired) electrons. The van der Waals surface area contributed by atoms with Crippen LogP contribution in [0, 0.1) is 5.92 Å². The van der Waals surface area contributed by atoms with Crippen LogP contribution in [0.15, 0.2) is 0 Å². The molecule has 20 heavy (non-hydrogen) atoms. The number of carbonyl (C=O) groups excluding carboxylic acids is 2. The first-order valence-corrected chi connectivity index (χ1v) is 7.71. The maximum atomic E-state index is 12.3. The first-order valence-electron chi connectivity index (χ1n) is 7.71. The van der Waals surface area contributed by atoms with Crippen molar-refractivity contribution in [3.63, 3.8) is 0 Å². The third-order valence-corrected chi connectivity index (χ3v) is 3.80. The minimum atomic E-state index is -0.352. The Morgan fingerprint density at radius 3 is 2.65 bits per heavy atom. The number of aliphatic hydroxyl groups excluding tert-OH is 1. The standard InChI is InChI=1S/C15H28N2O3/c1-4-14(19)17-8-6-5-7-13(17)15(20)16-10-11(2)9-12(3)18/h11-13,18H,4-10H2,1-3H3,(H,16,20). The summed E-state index contributed by atoms with van der Waals surface area (Å²) in [6.07, 6.45) is 3.49. The molecule has 1 fully saturated rings. The number of likely N-dealkylation sites (tertiary alicyclic amines) is 1. The van der Waals surface area contributed by atoms with Gasteiger partial charge in [-0.1, -0.05) is 13.8 Å². The molecule has 0 aliphatic carbocycles. The van der Waals surface area contributed by atoms with Gasteiger partial charge in [0.15, 0.2) is 0 Å². The Hall–Kier alpha value is -1.10. The van der Waals surface area contributed by atoms with Crippen molar-refractivity contribution in [2.45, 2.75) is 65.0 Å². The van der Waals surface area contributed by atoms with Crippen LogP contribution in [0.3, 0.4) is 0 Å². The van der Waals surface area contributed by atoms with Crippen molar-refractivity contribution < 1.29 is 14.7 Å². The molecule has 0 aromatic rings. The minimum absolute atomic E-state index is 0.0519. The number of nitrogens with zero attached hydrogens (tertiary/aromatic N) is 1. The number of aliphatic hydroxyl groups is 1. The van der Waals surface area contributed by atoms with Crippen LogP contribution in [-0.2, 0) is 9.59 Å². The number of hydrogen-bond donors (Lipinski definition) is 2. The molecular formula is C15H28N2O3. The van der Waals surface area contributed by atoms with Gasteiger partial charge in [-0.25, -0.2) is 0 Å². The van der Waals surface area contributed by atoms with Gasteiger partial charge in [-0.3, -0.25) is 9.59 Å². The second-order valence-electron chi connectivity index (χ2n) is 5.89. The van der Waals surface area contributed by atoms with E-state index in [2.05, 4.69) is 5.32 Å². The number of amides is 2. The zero-order valence-corrected chi connectivity index (χ0v) is 12.9. The summed E-state index contributed by atoms with van der Waals surface area (Å²) in [6.45, 7) is 6.82. The molecule has 1 aliphatic rings. The van der Waals surface area contributed by atoms with Gasteiger partial charge in [0.25, 0.3) is 0 Å². The van der Waals surface area contributed by atoms with Crippen molar-refractivity contribution in [2.75, 3.05) is 13.1 Å². The molecule has 3 atom stereocenters. The Morgan fingerprint density at radius 2 is 2.05 bits per heavy atom. The molecule has 1 rings (SSSR count). The number of rotatable bonds is 6. The van der Waals surface area contributed by atoms with E-state index in [1.54, 1.807) is 11.8 Å². The molecule has 3 unspecified atom stereocenters. The van der Waals surface area contributed by atoms with Crippen LogP contribution < -0.4 is 5.32 Å². The molecule has 5 nitrogen and oxygen atoms in total. The Bertz CT molecular complexity index is 331.